The SMILES string of the molecule is COc1ccc2c(c1)CC[N@@+](C)(CC1CCC1)C2Cc1ccc(OC)c(O)c1. The molecule has 1 unspecified atom stereocenters. The number of ether oxygens (including phenoxy) is 2. The summed E-state index contributed by atoms with van der Waals surface area (Å²) in [4.78, 5) is 0. The Bertz CT molecular complexity index is 846. The van der Waals surface area contributed by atoms with Crippen LogP contribution in [-0.4, -0.2) is 43.9 Å². The van der Waals surface area contributed by atoms with E-state index in [1.807, 2.05) is 12.1 Å². The molecule has 4 heteroatoms. The molecule has 4 rings (SSSR count). The fourth-order valence-corrected chi connectivity index (χ4v) is 5.02. The molecule has 2 aliphatic rings. The quantitative estimate of drug-likeness (QED) is 0.748. The lowest BCUT2D eigenvalue weighted by molar-refractivity contribution is -0.945. The van der Waals surface area contributed by atoms with Crippen LogP contribution in [0.2, 0.25) is 0 Å². The number of likely N-dealkylation sites (N-methyl/N-ethyl adjacent to an activating group) is 1. The van der Waals surface area contributed by atoms with Crippen LogP contribution in [0.1, 0.15) is 42.0 Å². The number of fused-ring (bicyclic) bond motifs is 1. The first-order valence-electron chi connectivity index (χ1n) is 10.4. The largest absolute Gasteiger partial charge is 0.504 e. The van der Waals surface area contributed by atoms with Gasteiger partial charge in [0.1, 0.15) is 11.8 Å². The lowest BCUT2D eigenvalue weighted by Gasteiger charge is -2.48. The number of methoxy groups -OCH3 is 2. The van der Waals surface area contributed by atoms with Crippen LogP contribution in [-0.2, 0) is 12.8 Å². The van der Waals surface area contributed by atoms with Crippen LogP contribution in [0.25, 0.3) is 0 Å². The third-order valence-electron chi connectivity index (χ3n) is 6.93. The summed E-state index contributed by atoms with van der Waals surface area (Å²) in [5, 5.41) is 10.3. The normalized spacial score (nSPS) is 24.3. The summed E-state index contributed by atoms with van der Waals surface area (Å²) in [6, 6.07) is 12.8. The summed E-state index contributed by atoms with van der Waals surface area (Å²) in [6.07, 6.45) is 6.15. The molecule has 0 amide bonds. The molecule has 1 fully saturated rings. The predicted molar refractivity (Wildman–Crippen MR) is 111 cm³/mol. The minimum Gasteiger partial charge on any atom is -0.504 e. The van der Waals surface area contributed by atoms with Crippen LogP contribution in [0, 0.1) is 5.92 Å². The molecular weight excluding hydrogens is 350 g/mol. The van der Waals surface area contributed by atoms with Gasteiger partial charge in [0, 0.05) is 24.3 Å². The zero-order valence-electron chi connectivity index (χ0n) is 17.3. The first-order chi connectivity index (χ1) is 13.5. The van der Waals surface area contributed by atoms with Gasteiger partial charge in [-0.15, -0.1) is 0 Å². The van der Waals surface area contributed by atoms with Crippen LogP contribution < -0.4 is 9.47 Å². The standard InChI is InChI=1S/C24H31NO3/c1-25(16-17-5-4-6-17)12-11-19-15-20(27-2)8-9-21(19)22(25)13-18-7-10-24(28-3)23(26)14-18/h7-10,14-15,17,22H,4-6,11-13,16H2,1-3H3/p+1/t22?,25-/m0/s1. The molecule has 1 aliphatic heterocycles. The molecule has 0 bridgehead atoms. The number of phenolic OH excluding ortho intramolecular Hbond substituents is 1. The van der Waals surface area contributed by atoms with E-state index in [-0.39, 0.29) is 5.75 Å². The molecule has 4 nitrogen and oxygen atoms in total. The summed E-state index contributed by atoms with van der Waals surface area (Å²) in [7, 11) is 5.75. The summed E-state index contributed by atoms with van der Waals surface area (Å²) < 4.78 is 11.8. The number of hydrogen-bond acceptors (Lipinski definition) is 3. The molecule has 0 saturated heterocycles. The maximum atomic E-state index is 10.3. The number of quaternary nitrogens is 1. The maximum absolute atomic E-state index is 10.3. The highest BCUT2D eigenvalue weighted by molar-refractivity contribution is 5.43. The van der Waals surface area contributed by atoms with Crippen molar-refractivity contribution in [1.82, 2.24) is 0 Å². The monoisotopic (exact) mass is 382 g/mol. The van der Waals surface area contributed by atoms with Crippen molar-refractivity contribution in [3.8, 4) is 17.2 Å². The van der Waals surface area contributed by atoms with Crippen molar-refractivity contribution in [3.05, 3.63) is 53.1 Å². The van der Waals surface area contributed by atoms with E-state index in [2.05, 4.69) is 31.3 Å². The number of benzene rings is 2. The molecule has 1 saturated carbocycles. The van der Waals surface area contributed by atoms with Gasteiger partial charge >= 0.3 is 0 Å². The zero-order valence-corrected chi connectivity index (χ0v) is 17.3. The molecule has 1 aliphatic carbocycles. The van der Waals surface area contributed by atoms with Gasteiger partial charge in [0.15, 0.2) is 11.5 Å². The van der Waals surface area contributed by atoms with Gasteiger partial charge in [0.05, 0.1) is 34.4 Å². The second-order valence-corrected chi connectivity index (χ2v) is 8.72. The molecule has 150 valence electrons. The van der Waals surface area contributed by atoms with Crippen LogP contribution in [0.15, 0.2) is 36.4 Å². The third-order valence-corrected chi connectivity index (χ3v) is 6.93. The van der Waals surface area contributed by atoms with Crippen LogP contribution >= 0.6 is 0 Å². The number of nitrogens with zero attached hydrogens (tertiary/aromatic N) is 1. The van der Waals surface area contributed by atoms with Gasteiger partial charge in [-0.25, -0.2) is 0 Å². The lowest BCUT2D eigenvalue weighted by atomic mass is 9.81. The number of aromatic hydroxyl groups is 1. The van der Waals surface area contributed by atoms with Crippen LogP contribution in [0.3, 0.4) is 0 Å². The molecular formula is C24H32NO3+. The van der Waals surface area contributed by atoms with E-state index in [4.69, 9.17) is 9.47 Å². The lowest BCUT2D eigenvalue weighted by Crippen LogP contribution is -2.55. The second kappa shape index (κ2) is 7.67. The topological polar surface area (TPSA) is 38.7 Å². The highest BCUT2D eigenvalue weighted by Crippen LogP contribution is 2.42. The smallest absolute Gasteiger partial charge is 0.160 e. The van der Waals surface area contributed by atoms with Crippen molar-refractivity contribution in [2.45, 2.75) is 38.1 Å². The van der Waals surface area contributed by atoms with E-state index in [0.29, 0.717) is 11.8 Å². The Balaban J connectivity index is 1.68. The van der Waals surface area contributed by atoms with Crippen molar-refractivity contribution in [1.29, 1.82) is 0 Å². The average Bonchev–Trinajstić information content (AvgIpc) is 2.67. The zero-order chi connectivity index (χ0) is 19.7. The summed E-state index contributed by atoms with van der Waals surface area (Å²) in [5.41, 5.74) is 4.00. The summed E-state index contributed by atoms with van der Waals surface area (Å²) in [6.45, 7) is 2.40. The molecule has 2 aromatic rings. The predicted octanol–water partition coefficient (Wildman–Crippen LogP) is 4.50. The van der Waals surface area contributed by atoms with Gasteiger partial charge < -0.3 is 19.1 Å². The maximum Gasteiger partial charge on any atom is 0.160 e. The van der Waals surface area contributed by atoms with Gasteiger partial charge in [-0.1, -0.05) is 12.5 Å². The number of rotatable bonds is 6. The molecule has 2 aromatic carbocycles. The van der Waals surface area contributed by atoms with Gasteiger partial charge in [-0.2, -0.15) is 0 Å². The Labute approximate surface area is 168 Å². The van der Waals surface area contributed by atoms with Gasteiger partial charge in [-0.05, 0) is 54.3 Å². The van der Waals surface area contributed by atoms with Crippen LogP contribution in [0.4, 0.5) is 0 Å². The molecule has 0 radical (unpaired) electrons. The van der Waals surface area contributed by atoms with E-state index in [0.717, 1.165) is 41.1 Å². The molecule has 1 heterocycles. The molecule has 0 aromatic heterocycles. The summed E-state index contributed by atoms with van der Waals surface area (Å²) >= 11 is 0. The Morgan fingerprint density at radius 3 is 2.54 bits per heavy atom. The van der Waals surface area contributed by atoms with Crippen molar-refractivity contribution >= 4 is 0 Å². The Hall–Kier alpha value is -2.20. The molecule has 1 N–H and O–H groups in total. The average molecular weight is 383 g/mol. The highest BCUT2D eigenvalue weighted by Gasteiger charge is 2.41. The molecule has 28 heavy (non-hydrogen) atoms. The molecule has 2 atom stereocenters. The fourth-order valence-electron chi connectivity index (χ4n) is 5.02. The number of phenols is 1. The fraction of sp³-hybridized carbons (Fsp3) is 0.500. The Morgan fingerprint density at radius 1 is 1.07 bits per heavy atom. The molecule has 0 spiro atoms. The summed E-state index contributed by atoms with van der Waals surface area (Å²) in [5.74, 6) is 2.55. The van der Waals surface area contributed by atoms with Gasteiger partial charge in [0.25, 0.3) is 0 Å². The van der Waals surface area contributed by atoms with E-state index in [9.17, 15) is 5.11 Å². The van der Waals surface area contributed by atoms with Gasteiger partial charge in [0.2, 0.25) is 0 Å². The van der Waals surface area contributed by atoms with E-state index < -0.39 is 0 Å². The van der Waals surface area contributed by atoms with Crippen LogP contribution in [0.5, 0.6) is 17.2 Å². The van der Waals surface area contributed by atoms with Crippen molar-refractivity contribution in [2.24, 2.45) is 5.92 Å². The minimum atomic E-state index is 0.221. The minimum absolute atomic E-state index is 0.221. The van der Waals surface area contributed by atoms with E-state index in [1.165, 1.54) is 36.9 Å². The van der Waals surface area contributed by atoms with E-state index in [1.54, 1.807) is 14.2 Å². The highest BCUT2D eigenvalue weighted by atomic mass is 16.5. The Kier molecular flexibility index (Phi) is 5.24. The van der Waals surface area contributed by atoms with Crippen molar-refractivity contribution in [2.75, 3.05) is 34.4 Å². The van der Waals surface area contributed by atoms with Crippen molar-refractivity contribution < 1.29 is 19.1 Å². The number of hydrogen-bond donors (Lipinski definition) is 1. The van der Waals surface area contributed by atoms with Crippen molar-refractivity contribution in [3.63, 3.8) is 0 Å². The first kappa shape index (κ1) is 19.1. The third kappa shape index (κ3) is 3.58. The van der Waals surface area contributed by atoms with E-state index >= 15 is 0 Å². The van der Waals surface area contributed by atoms with Gasteiger partial charge in [-0.3, -0.25) is 0 Å². The Morgan fingerprint density at radius 2 is 1.89 bits per heavy atom. The second-order valence-electron chi connectivity index (χ2n) is 8.72. The first-order valence-corrected chi connectivity index (χ1v) is 10.4.